The molecule has 2 heterocycles. The Labute approximate surface area is 103 Å². The molecule has 1 aliphatic rings. The van der Waals surface area contributed by atoms with Gasteiger partial charge in [-0.05, 0) is 51.0 Å². The lowest BCUT2D eigenvalue weighted by molar-refractivity contribution is 0.166. The molecule has 3 heteroatoms. The molecule has 2 rings (SSSR count). The number of nitrogens with one attached hydrogen (secondary N) is 1. The largest absolute Gasteiger partial charge is 0.319 e. The third kappa shape index (κ3) is 2.31. The first-order valence-corrected chi connectivity index (χ1v) is 7.09. The Bertz CT molecular complexity index is 300. The lowest BCUT2D eigenvalue weighted by atomic mass is 9.77. The fourth-order valence-corrected chi connectivity index (χ4v) is 3.71. The molecule has 0 spiro atoms. The van der Waals surface area contributed by atoms with Gasteiger partial charge in [0.1, 0.15) is 0 Å². The van der Waals surface area contributed by atoms with Gasteiger partial charge in [-0.25, -0.2) is 0 Å². The summed E-state index contributed by atoms with van der Waals surface area (Å²) in [4.78, 5) is 4.12. The van der Waals surface area contributed by atoms with Crippen molar-refractivity contribution >= 4 is 11.3 Å². The zero-order chi connectivity index (χ0) is 11.4. The van der Waals surface area contributed by atoms with Gasteiger partial charge in [-0.15, -0.1) is 11.3 Å². The SMILES string of the molecule is CCN1CCC(CNC)(c2cccs2)CC1. The molecule has 0 bridgehead atoms. The average molecular weight is 238 g/mol. The summed E-state index contributed by atoms with van der Waals surface area (Å²) in [7, 11) is 2.07. The Kier molecular flexibility index (Phi) is 4.00. The summed E-state index contributed by atoms with van der Waals surface area (Å²) < 4.78 is 0. The number of hydrogen-bond donors (Lipinski definition) is 1. The Morgan fingerprint density at radius 2 is 2.19 bits per heavy atom. The number of likely N-dealkylation sites (tertiary alicyclic amines) is 1. The van der Waals surface area contributed by atoms with Crippen molar-refractivity contribution in [2.75, 3.05) is 33.2 Å². The minimum atomic E-state index is 0.397. The summed E-state index contributed by atoms with van der Waals surface area (Å²) in [6, 6.07) is 4.49. The third-order valence-electron chi connectivity index (χ3n) is 3.82. The Morgan fingerprint density at radius 3 is 2.69 bits per heavy atom. The van der Waals surface area contributed by atoms with E-state index in [4.69, 9.17) is 0 Å². The van der Waals surface area contributed by atoms with Gasteiger partial charge in [0.05, 0.1) is 0 Å². The second-order valence-corrected chi connectivity index (χ2v) is 5.67. The van der Waals surface area contributed by atoms with Crippen LogP contribution in [0.25, 0.3) is 0 Å². The van der Waals surface area contributed by atoms with Gasteiger partial charge in [-0.1, -0.05) is 13.0 Å². The van der Waals surface area contributed by atoms with E-state index in [1.807, 2.05) is 11.3 Å². The van der Waals surface area contributed by atoms with Crippen molar-refractivity contribution < 1.29 is 0 Å². The second kappa shape index (κ2) is 5.30. The molecule has 0 aliphatic carbocycles. The highest BCUT2D eigenvalue weighted by Gasteiger charge is 2.35. The van der Waals surface area contributed by atoms with E-state index in [0.29, 0.717) is 5.41 Å². The van der Waals surface area contributed by atoms with Crippen molar-refractivity contribution in [3.63, 3.8) is 0 Å². The monoisotopic (exact) mass is 238 g/mol. The smallest absolute Gasteiger partial charge is 0.0196 e. The normalized spacial score (nSPS) is 21.1. The van der Waals surface area contributed by atoms with Crippen molar-refractivity contribution in [1.29, 1.82) is 0 Å². The molecule has 16 heavy (non-hydrogen) atoms. The van der Waals surface area contributed by atoms with Crippen LogP contribution in [0.1, 0.15) is 24.6 Å². The number of piperidine rings is 1. The zero-order valence-electron chi connectivity index (χ0n) is 10.3. The van der Waals surface area contributed by atoms with Crippen LogP contribution in [0.3, 0.4) is 0 Å². The van der Waals surface area contributed by atoms with Gasteiger partial charge in [0.2, 0.25) is 0 Å². The van der Waals surface area contributed by atoms with Crippen molar-refractivity contribution in [3.8, 4) is 0 Å². The maximum absolute atomic E-state index is 3.39. The zero-order valence-corrected chi connectivity index (χ0v) is 11.1. The summed E-state index contributed by atoms with van der Waals surface area (Å²) in [6.45, 7) is 7.06. The van der Waals surface area contributed by atoms with Crippen molar-refractivity contribution in [2.45, 2.75) is 25.2 Å². The summed E-state index contributed by atoms with van der Waals surface area (Å²) in [5.41, 5.74) is 0.397. The molecular weight excluding hydrogens is 216 g/mol. The number of thiophene rings is 1. The molecule has 0 radical (unpaired) electrons. The van der Waals surface area contributed by atoms with Crippen LogP contribution < -0.4 is 5.32 Å². The van der Waals surface area contributed by atoms with Crippen LogP contribution >= 0.6 is 11.3 Å². The number of nitrogens with zero attached hydrogens (tertiary/aromatic N) is 1. The Balaban J connectivity index is 2.12. The maximum atomic E-state index is 3.39. The van der Waals surface area contributed by atoms with E-state index in [0.717, 1.165) is 6.54 Å². The van der Waals surface area contributed by atoms with E-state index < -0.39 is 0 Å². The fourth-order valence-electron chi connectivity index (χ4n) is 2.73. The van der Waals surface area contributed by atoms with Gasteiger partial charge < -0.3 is 10.2 Å². The minimum absolute atomic E-state index is 0.397. The summed E-state index contributed by atoms with van der Waals surface area (Å²) >= 11 is 1.92. The van der Waals surface area contributed by atoms with Crippen LogP contribution in [-0.4, -0.2) is 38.1 Å². The van der Waals surface area contributed by atoms with E-state index in [-0.39, 0.29) is 0 Å². The van der Waals surface area contributed by atoms with Crippen LogP contribution in [-0.2, 0) is 5.41 Å². The summed E-state index contributed by atoms with van der Waals surface area (Å²) in [5, 5.41) is 5.59. The molecule has 90 valence electrons. The van der Waals surface area contributed by atoms with Gasteiger partial charge in [0.25, 0.3) is 0 Å². The summed E-state index contributed by atoms with van der Waals surface area (Å²) in [5.74, 6) is 0. The first-order chi connectivity index (χ1) is 7.80. The lowest BCUT2D eigenvalue weighted by Gasteiger charge is -2.41. The van der Waals surface area contributed by atoms with Crippen LogP contribution in [0.15, 0.2) is 17.5 Å². The molecule has 0 amide bonds. The molecule has 1 N–H and O–H groups in total. The van der Waals surface area contributed by atoms with Crippen LogP contribution in [0.2, 0.25) is 0 Å². The number of likely N-dealkylation sites (N-methyl/N-ethyl adjacent to an activating group) is 1. The van der Waals surface area contributed by atoms with Gasteiger partial charge >= 0.3 is 0 Å². The van der Waals surface area contributed by atoms with Crippen LogP contribution in [0.5, 0.6) is 0 Å². The third-order valence-corrected chi connectivity index (χ3v) is 4.94. The highest BCUT2D eigenvalue weighted by molar-refractivity contribution is 7.10. The molecule has 1 fully saturated rings. The standard InChI is InChI=1S/C13H22N2S/c1-3-15-8-6-13(7-9-15,11-14-2)12-5-4-10-16-12/h4-5,10,14H,3,6-9,11H2,1-2H3. The number of hydrogen-bond acceptors (Lipinski definition) is 3. The van der Waals surface area contributed by atoms with Crippen molar-refractivity contribution in [2.24, 2.45) is 0 Å². The molecule has 1 saturated heterocycles. The van der Waals surface area contributed by atoms with E-state index >= 15 is 0 Å². The molecule has 1 aromatic rings. The van der Waals surface area contributed by atoms with E-state index in [1.165, 1.54) is 32.5 Å². The molecule has 1 aliphatic heterocycles. The van der Waals surface area contributed by atoms with E-state index in [2.05, 4.69) is 41.7 Å². The molecule has 0 saturated carbocycles. The van der Waals surface area contributed by atoms with Gasteiger partial charge in [0, 0.05) is 16.8 Å². The van der Waals surface area contributed by atoms with E-state index in [9.17, 15) is 0 Å². The van der Waals surface area contributed by atoms with Gasteiger partial charge in [0.15, 0.2) is 0 Å². The average Bonchev–Trinajstić information content (AvgIpc) is 2.84. The highest BCUT2D eigenvalue weighted by atomic mass is 32.1. The van der Waals surface area contributed by atoms with Gasteiger partial charge in [-0.3, -0.25) is 0 Å². The number of rotatable bonds is 4. The first kappa shape index (κ1) is 12.1. The molecule has 0 unspecified atom stereocenters. The Hall–Kier alpha value is -0.380. The summed E-state index contributed by atoms with van der Waals surface area (Å²) in [6.07, 6.45) is 2.59. The highest BCUT2D eigenvalue weighted by Crippen LogP contribution is 2.37. The predicted molar refractivity (Wildman–Crippen MR) is 71.3 cm³/mol. The minimum Gasteiger partial charge on any atom is -0.319 e. The first-order valence-electron chi connectivity index (χ1n) is 6.22. The molecular formula is C13H22N2S. The van der Waals surface area contributed by atoms with Crippen LogP contribution in [0, 0.1) is 0 Å². The fraction of sp³-hybridized carbons (Fsp3) is 0.692. The van der Waals surface area contributed by atoms with Crippen molar-refractivity contribution in [3.05, 3.63) is 22.4 Å². The predicted octanol–water partition coefficient (Wildman–Crippen LogP) is 2.32. The topological polar surface area (TPSA) is 15.3 Å². The van der Waals surface area contributed by atoms with Crippen molar-refractivity contribution in [1.82, 2.24) is 10.2 Å². The quantitative estimate of drug-likeness (QED) is 0.866. The van der Waals surface area contributed by atoms with Crippen LogP contribution in [0.4, 0.5) is 0 Å². The molecule has 1 aromatic heterocycles. The van der Waals surface area contributed by atoms with Gasteiger partial charge in [-0.2, -0.15) is 0 Å². The van der Waals surface area contributed by atoms with E-state index in [1.54, 1.807) is 4.88 Å². The second-order valence-electron chi connectivity index (χ2n) is 4.72. The lowest BCUT2D eigenvalue weighted by Crippen LogP contribution is -2.46. The molecule has 2 nitrogen and oxygen atoms in total. The maximum Gasteiger partial charge on any atom is 0.0196 e. The molecule has 0 atom stereocenters. The Morgan fingerprint density at radius 1 is 1.44 bits per heavy atom. The molecule has 0 aromatic carbocycles.